The van der Waals surface area contributed by atoms with Crippen molar-refractivity contribution in [1.82, 2.24) is 0 Å². The van der Waals surface area contributed by atoms with Gasteiger partial charge in [-0.15, -0.1) is 0 Å². The molecular formula is C16H19NO2. The summed E-state index contributed by atoms with van der Waals surface area (Å²) in [6, 6.07) is 7.64. The molecule has 2 amide bonds. The minimum Gasteiger partial charge on any atom is -0.274 e. The number of carbonyl (C=O) groups excluding carboxylic acids is 2. The molecule has 19 heavy (non-hydrogen) atoms. The predicted octanol–water partition coefficient (Wildman–Crippen LogP) is 2.92. The first-order chi connectivity index (χ1) is 9.08. The Kier molecular flexibility index (Phi) is 2.92. The number of rotatable bonds is 1. The normalized spacial score (nSPS) is 30.6. The maximum Gasteiger partial charge on any atom is 0.237 e. The largest absolute Gasteiger partial charge is 0.274 e. The van der Waals surface area contributed by atoms with Crippen LogP contribution in [0.3, 0.4) is 0 Å². The highest BCUT2D eigenvalue weighted by Crippen LogP contribution is 2.42. The van der Waals surface area contributed by atoms with Crippen LogP contribution in [0, 0.1) is 24.7 Å². The monoisotopic (exact) mass is 257 g/mol. The van der Waals surface area contributed by atoms with Gasteiger partial charge in [0, 0.05) is 0 Å². The van der Waals surface area contributed by atoms with E-state index in [1.54, 1.807) is 0 Å². The number of hydrogen-bond acceptors (Lipinski definition) is 2. The molecule has 3 heteroatoms. The van der Waals surface area contributed by atoms with Crippen molar-refractivity contribution < 1.29 is 9.59 Å². The van der Waals surface area contributed by atoms with Crippen LogP contribution < -0.4 is 4.90 Å². The maximum absolute atomic E-state index is 12.5. The molecule has 1 aliphatic carbocycles. The lowest BCUT2D eigenvalue weighted by molar-refractivity contribution is -0.122. The lowest BCUT2D eigenvalue weighted by Gasteiger charge is -2.25. The van der Waals surface area contributed by atoms with E-state index in [9.17, 15) is 9.59 Å². The molecule has 100 valence electrons. The summed E-state index contributed by atoms with van der Waals surface area (Å²) >= 11 is 0. The smallest absolute Gasteiger partial charge is 0.237 e. The van der Waals surface area contributed by atoms with Crippen LogP contribution in [0.2, 0.25) is 0 Å². The second kappa shape index (κ2) is 4.48. The van der Waals surface area contributed by atoms with Crippen molar-refractivity contribution in [3.63, 3.8) is 0 Å². The molecule has 3 rings (SSSR count). The Balaban J connectivity index is 1.95. The van der Waals surface area contributed by atoms with Crippen LogP contribution in [0.4, 0.5) is 5.69 Å². The van der Waals surface area contributed by atoms with Crippen molar-refractivity contribution in [3.8, 4) is 0 Å². The summed E-state index contributed by atoms with van der Waals surface area (Å²) in [6.45, 7) is 4.15. The number of aryl methyl sites for hydroxylation is 1. The SMILES string of the molecule is Cc1cccc(N2C(=O)[C@H]3C[C@H](C)CC[C@H]3C2=O)c1. The Morgan fingerprint density at radius 1 is 1.11 bits per heavy atom. The standard InChI is InChI=1S/C16H19NO2/c1-10-4-3-5-12(8-10)17-15(18)13-7-6-11(2)9-14(13)16(17)19/h3-5,8,11,13-14H,6-7,9H2,1-2H3/t11-,13-,14+/m1/s1. The van der Waals surface area contributed by atoms with Gasteiger partial charge >= 0.3 is 0 Å². The van der Waals surface area contributed by atoms with Crippen LogP contribution in [0.25, 0.3) is 0 Å². The fourth-order valence-corrected chi connectivity index (χ4v) is 3.41. The van der Waals surface area contributed by atoms with E-state index < -0.39 is 0 Å². The topological polar surface area (TPSA) is 37.4 Å². The number of fused-ring (bicyclic) bond motifs is 1. The van der Waals surface area contributed by atoms with Crippen LogP contribution in [0.15, 0.2) is 24.3 Å². The van der Waals surface area contributed by atoms with Crippen molar-refractivity contribution in [3.05, 3.63) is 29.8 Å². The van der Waals surface area contributed by atoms with Gasteiger partial charge in [-0.25, -0.2) is 0 Å². The Morgan fingerprint density at radius 3 is 2.58 bits per heavy atom. The summed E-state index contributed by atoms with van der Waals surface area (Å²) in [5, 5.41) is 0. The molecule has 1 heterocycles. The van der Waals surface area contributed by atoms with Gasteiger partial charge in [-0.1, -0.05) is 19.1 Å². The van der Waals surface area contributed by atoms with Crippen LogP contribution >= 0.6 is 0 Å². The molecular weight excluding hydrogens is 238 g/mol. The third kappa shape index (κ3) is 1.97. The second-order valence-electron chi connectivity index (χ2n) is 5.98. The number of hydrogen-bond donors (Lipinski definition) is 0. The zero-order valence-corrected chi connectivity index (χ0v) is 11.4. The van der Waals surface area contributed by atoms with Gasteiger partial charge in [-0.3, -0.25) is 14.5 Å². The number of amides is 2. The maximum atomic E-state index is 12.5. The minimum atomic E-state index is -0.0863. The third-order valence-corrected chi connectivity index (χ3v) is 4.45. The molecule has 2 aliphatic rings. The Bertz CT molecular complexity index is 537. The molecule has 3 atom stereocenters. The first-order valence-corrected chi connectivity index (χ1v) is 7.02. The molecule has 0 unspecified atom stereocenters. The number of benzene rings is 1. The number of imide groups is 1. The molecule has 1 saturated heterocycles. The van der Waals surface area contributed by atoms with Crippen molar-refractivity contribution in [2.45, 2.75) is 33.1 Å². The first-order valence-electron chi connectivity index (χ1n) is 7.02. The summed E-state index contributed by atoms with van der Waals surface area (Å²) in [7, 11) is 0. The predicted molar refractivity (Wildman–Crippen MR) is 73.7 cm³/mol. The highest BCUT2D eigenvalue weighted by molar-refractivity contribution is 6.22. The zero-order chi connectivity index (χ0) is 13.6. The van der Waals surface area contributed by atoms with Crippen molar-refractivity contribution in [2.75, 3.05) is 4.90 Å². The summed E-state index contributed by atoms with van der Waals surface area (Å²) in [4.78, 5) is 26.4. The second-order valence-corrected chi connectivity index (χ2v) is 5.98. The molecule has 0 radical (unpaired) electrons. The van der Waals surface area contributed by atoms with E-state index in [1.807, 2.05) is 31.2 Å². The summed E-state index contributed by atoms with van der Waals surface area (Å²) in [5.41, 5.74) is 1.80. The van der Waals surface area contributed by atoms with E-state index in [0.717, 1.165) is 30.5 Å². The number of carbonyl (C=O) groups is 2. The van der Waals surface area contributed by atoms with Crippen LogP contribution in [-0.4, -0.2) is 11.8 Å². The average Bonchev–Trinajstić information content (AvgIpc) is 2.61. The Hall–Kier alpha value is -1.64. The highest BCUT2D eigenvalue weighted by Gasteiger charge is 2.49. The molecule has 3 nitrogen and oxygen atoms in total. The lowest BCUT2D eigenvalue weighted by atomic mass is 9.76. The molecule has 1 aromatic carbocycles. The molecule has 0 bridgehead atoms. The summed E-state index contributed by atoms with van der Waals surface area (Å²) in [5.74, 6) is 0.399. The van der Waals surface area contributed by atoms with E-state index >= 15 is 0 Å². The highest BCUT2D eigenvalue weighted by atomic mass is 16.2. The van der Waals surface area contributed by atoms with Crippen LogP contribution in [0.1, 0.15) is 31.7 Å². The minimum absolute atomic E-state index is 0.00662. The Labute approximate surface area is 113 Å². The molecule has 1 aromatic rings. The molecule has 0 N–H and O–H groups in total. The average molecular weight is 257 g/mol. The van der Waals surface area contributed by atoms with Gasteiger partial charge in [0.1, 0.15) is 0 Å². The van der Waals surface area contributed by atoms with Crippen LogP contribution in [0.5, 0.6) is 0 Å². The van der Waals surface area contributed by atoms with Gasteiger partial charge in [0.2, 0.25) is 11.8 Å². The quantitative estimate of drug-likeness (QED) is 0.725. The van der Waals surface area contributed by atoms with Gasteiger partial charge in [0.05, 0.1) is 17.5 Å². The summed E-state index contributed by atoms with van der Waals surface area (Å²) < 4.78 is 0. The fraction of sp³-hybridized carbons (Fsp3) is 0.500. The third-order valence-electron chi connectivity index (χ3n) is 4.45. The molecule has 1 aliphatic heterocycles. The Morgan fingerprint density at radius 2 is 1.84 bits per heavy atom. The van der Waals surface area contributed by atoms with E-state index in [0.29, 0.717) is 5.92 Å². The first kappa shape index (κ1) is 12.4. The van der Waals surface area contributed by atoms with Gasteiger partial charge < -0.3 is 0 Å². The van der Waals surface area contributed by atoms with Crippen molar-refractivity contribution in [2.24, 2.45) is 17.8 Å². The van der Waals surface area contributed by atoms with Crippen molar-refractivity contribution >= 4 is 17.5 Å². The van der Waals surface area contributed by atoms with Gasteiger partial charge in [0.25, 0.3) is 0 Å². The molecule has 1 saturated carbocycles. The van der Waals surface area contributed by atoms with E-state index in [1.165, 1.54) is 4.90 Å². The zero-order valence-electron chi connectivity index (χ0n) is 11.4. The van der Waals surface area contributed by atoms with E-state index in [2.05, 4.69) is 6.92 Å². The number of anilines is 1. The van der Waals surface area contributed by atoms with Crippen LogP contribution in [-0.2, 0) is 9.59 Å². The molecule has 0 aromatic heterocycles. The lowest BCUT2D eigenvalue weighted by Crippen LogP contribution is -2.30. The number of nitrogens with zero attached hydrogens (tertiary/aromatic N) is 1. The summed E-state index contributed by atoms with van der Waals surface area (Å²) in [6.07, 6.45) is 2.78. The van der Waals surface area contributed by atoms with E-state index in [-0.39, 0.29) is 23.7 Å². The fourth-order valence-electron chi connectivity index (χ4n) is 3.41. The molecule has 0 spiro atoms. The van der Waals surface area contributed by atoms with Gasteiger partial charge in [-0.2, -0.15) is 0 Å². The van der Waals surface area contributed by atoms with Gasteiger partial charge in [-0.05, 0) is 49.8 Å². The van der Waals surface area contributed by atoms with E-state index in [4.69, 9.17) is 0 Å². The molecule has 2 fully saturated rings. The van der Waals surface area contributed by atoms with Crippen molar-refractivity contribution in [1.29, 1.82) is 0 Å². The van der Waals surface area contributed by atoms with Gasteiger partial charge in [0.15, 0.2) is 0 Å².